The van der Waals surface area contributed by atoms with Crippen molar-refractivity contribution in [2.24, 2.45) is 0 Å². The lowest BCUT2D eigenvalue weighted by molar-refractivity contribution is 0.0526. The molecule has 3 aromatic rings. The maximum absolute atomic E-state index is 12.2. The summed E-state index contributed by atoms with van der Waals surface area (Å²) in [7, 11) is 3.64. The quantitative estimate of drug-likeness (QED) is 0.556. The molecule has 0 radical (unpaired) electrons. The summed E-state index contributed by atoms with van der Waals surface area (Å²) >= 11 is 0. The Balaban J connectivity index is 1.63. The van der Waals surface area contributed by atoms with Crippen LogP contribution in [0.25, 0.3) is 5.69 Å². The average molecular weight is 437 g/mol. The molecule has 0 spiro atoms. The van der Waals surface area contributed by atoms with Gasteiger partial charge in [0.1, 0.15) is 6.04 Å². The van der Waals surface area contributed by atoms with Gasteiger partial charge in [-0.05, 0) is 60.6 Å². The van der Waals surface area contributed by atoms with E-state index in [4.69, 9.17) is 18.9 Å². The van der Waals surface area contributed by atoms with E-state index in [0.717, 1.165) is 24.1 Å². The number of methoxy groups -OCH3 is 1. The van der Waals surface area contributed by atoms with Crippen molar-refractivity contribution in [1.82, 2.24) is 25.1 Å². The molecule has 5 rings (SSSR count). The van der Waals surface area contributed by atoms with Gasteiger partial charge in [-0.25, -0.2) is 4.79 Å². The minimum Gasteiger partial charge on any atom is -0.492 e. The molecule has 2 aromatic carbocycles. The van der Waals surface area contributed by atoms with Crippen LogP contribution in [0.5, 0.6) is 17.2 Å². The lowest BCUT2D eigenvalue weighted by Crippen LogP contribution is -2.35. The van der Waals surface area contributed by atoms with Crippen molar-refractivity contribution in [2.75, 3.05) is 34.1 Å². The monoisotopic (exact) mass is 437 g/mol. The second-order valence-electron chi connectivity index (χ2n) is 7.57. The van der Waals surface area contributed by atoms with E-state index in [0.29, 0.717) is 40.9 Å². The van der Waals surface area contributed by atoms with Gasteiger partial charge < -0.3 is 18.9 Å². The highest BCUT2D eigenvalue weighted by Gasteiger charge is 2.37. The van der Waals surface area contributed by atoms with E-state index in [2.05, 4.69) is 20.4 Å². The Kier molecular flexibility index (Phi) is 5.14. The molecule has 0 N–H and O–H groups in total. The average Bonchev–Trinajstić information content (AvgIpc) is 3.47. The Labute approximate surface area is 184 Å². The number of aromatic nitrogens is 4. The van der Waals surface area contributed by atoms with Crippen molar-refractivity contribution in [3.8, 4) is 22.9 Å². The third-order valence-electron chi connectivity index (χ3n) is 5.74. The summed E-state index contributed by atoms with van der Waals surface area (Å²) in [5, 5.41) is 12.5. The van der Waals surface area contributed by atoms with E-state index in [9.17, 15) is 4.79 Å². The topological polar surface area (TPSA) is 101 Å². The predicted octanol–water partition coefficient (Wildman–Crippen LogP) is 2.15. The first kappa shape index (κ1) is 20.3. The Morgan fingerprint density at radius 2 is 2.16 bits per heavy atom. The fourth-order valence-corrected chi connectivity index (χ4v) is 4.29. The van der Waals surface area contributed by atoms with Gasteiger partial charge in [-0.15, -0.1) is 5.10 Å². The van der Waals surface area contributed by atoms with Crippen molar-refractivity contribution >= 4 is 5.97 Å². The van der Waals surface area contributed by atoms with Crippen LogP contribution < -0.4 is 14.2 Å². The normalized spacial score (nSPS) is 17.2. The molecule has 0 bridgehead atoms. The summed E-state index contributed by atoms with van der Waals surface area (Å²) in [4.78, 5) is 14.4. The third-order valence-corrected chi connectivity index (χ3v) is 5.74. The lowest BCUT2D eigenvalue weighted by Gasteiger charge is -2.34. The highest BCUT2D eigenvalue weighted by atomic mass is 16.7. The summed E-state index contributed by atoms with van der Waals surface area (Å²) in [6.45, 7) is 3.04. The van der Waals surface area contributed by atoms with Gasteiger partial charge in [0.15, 0.2) is 17.3 Å². The first-order valence-electron chi connectivity index (χ1n) is 10.4. The number of rotatable bonds is 5. The molecule has 0 saturated heterocycles. The zero-order valence-electron chi connectivity index (χ0n) is 18.1. The van der Waals surface area contributed by atoms with Gasteiger partial charge in [0, 0.05) is 12.1 Å². The molecule has 0 amide bonds. The van der Waals surface area contributed by atoms with Gasteiger partial charge in [-0.2, -0.15) is 4.68 Å². The third kappa shape index (κ3) is 3.23. The van der Waals surface area contributed by atoms with Crippen molar-refractivity contribution < 1.29 is 23.7 Å². The van der Waals surface area contributed by atoms with Crippen LogP contribution in [0.1, 0.15) is 40.3 Å². The van der Waals surface area contributed by atoms with Gasteiger partial charge >= 0.3 is 5.97 Å². The molecule has 0 fully saturated rings. The highest BCUT2D eigenvalue weighted by molar-refractivity contribution is 5.90. The van der Waals surface area contributed by atoms with Crippen molar-refractivity contribution in [3.63, 3.8) is 0 Å². The molecular weight excluding hydrogens is 414 g/mol. The van der Waals surface area contributed by atoms with Crippen LogP contribution in [0, 0.1) is 0 Å². The number of nitrogens with zero attached hydrogens (tertiary/aromatic N) is 5. The van der Waals surface area contributed by atoms with E-state index in [1.807, 2.05) is 19.2 Å². The number of benzene rings is 2. The van der Waals surface area contributed by atoms with Crippen LogP contribution in [0.15, 0.2) is 30.3 Å². The second kappa shape index (κ2) is 8.12. The zero-order chi connectivity index (χ0) is 22.2. The Hall–Kier alpha value is -3.66. The number of tetrazole rings is 1. The molecule has 1 unspecified atom stereocenters. The summed E-state index contributed by atoms with van der Waals surface area (Å²) in [6.07, 6.45) is 0.829. The summed E-state index contributed by atoms with van der Waals surface area (Å²) in [5.41, 5.74) is 3.15. The van der Waals surface area contributed by atoms with Crippen LogP contribution in [-0.2, 0) is 11.2 Å². The molecule has 0 aliphatic carbocycles. The minimum absolute atomic E-state index is 0.160. The molecule has 1 aromatic heterocycles. The van der Waals surface area contributed by atoms with Crippen LogP contribution in [0.3, 0.4) is 0 Å². The number of carbonyl (C=O) groups is 1. The van der Waals surface area contributed by atoms with Crippen LogP contribution in [0.2, 0.25) is 0 Å². The maximum atomic E-state index is 12.2. The molecule has 1 atom stereocenters. The molecule has 2 aliphatic rings. The number of ether oxygens (including phenoxy) is 4. The zero-order valence-corrected chi connectivity index (χ0v) is 18.1. The fraction of sp³-hybridized carbons (Fsp3) is 0.364. The first-order chi connectivity index (χ1) is 15.6. The maximum Gasteiger partial charge on any atom is 0.338 e. The fourth-order valence-electron chi connectivity index (χ4n) is 4.29. The van der Waals surface area contributed by atoms with Crippen LogP contribution >= 0.6 is 0 Å². The Morgan fingerprint density at radius 1 is 1.28 bits per heavy atom. The molecular formula is C22H23N5O5. The summed E-state index contributed by atoms with van der Waals surface area (Å²) in [5.74, 6) is 2.12. The number of esters is 1. The Bertz CT molecular complexity index is 1180. The van der Waals surface area contributed by atoms with E-state index in [1.165, 1.54) is 0 Å². The van der Waals surface area contributed by atoms with Crippen molar-refractivity contribution in [3.05, 3.63) is 52.8 Å². The molecule has 32 heavy (non-hydrogen) atoms. The van der Waals surface area contributed by atoms with Gasteiger partial charge in [-0.3, -0.25) is 4.90 Å². The molecule has 10 nitrogen and oxygen atoms in total. The molecule has 2 aliphatic heterocycles. The van der Waals surface area contributed by atoms with E-state index < -0.39 is 5.97 Å². The predicted molar refractivity (Wildman–Crippen MR) is 112 cm³/mol. The van der Waals surface area contributed by atoms with Gasteiger partial charge in [0.25, 0.3) is 0 Å². The van der Waals surface area contributed by atoms with Gasteiger partial charge in [0.05, 0.1) is 25.0 Å². The molecule has 3 heterocycles. The smallest absolute Gasteiger partial charge is 0.338 e. The molecule has 10 heteroatoms. The molecule has 166 valence electrons. The van der Waals surface area contributed by atoms with Gasteiger partial charge in [-0.1, -0.05) is 6.07 Å². The first-order valence-corrected chi connectivity index (χ1v) is 10.4. The van der Waals surface area contributed by atoms with Crippen LogP contribution in [0.4, 0.5) is 0 Å². The largest absolute Gasteiger partial charge is 0.492 e. The number of likely N-dealkylation sites (N-methyl/N-ethyl adjacent to an activating group) is 1. The highest BCUT2D eigenvalue weighted by Crippen LogP contribution is 2.50. The van der Waals surface area contributed by atoms with Crippen molar-refractivity contribution in [2.45, 2.75) is 19.4 Å². The SMILES string of the molecule is CCOC(=O)c1cccc(-n2nnnc2C2c3c(cc4c(c3OC)OCO4)CCN2C)c1. The Morgan fingerprint density at radius 3 is 2.97 bits per heavy atom. The summed E-state index contributed by atoms with van der Waals surface area (Å²) < 4.78 is 23.9. The van der Waals surface area contributed by atoms with E-state index >= 15 is 0 Å². The standard InChI is InChI=1S/C22H23N5O5/c1-4-30-22(28)14-6-5-7-15(10-14)27-21(23-24-25-27)18-17-13(8-9-26(18)2)11-16-19(20(17)29-3)32-12-31-16/h5-7,10-11,18H,4,8-9,12H2,1-3H3. The van der Waals surface area contributed by atoms with E-state index in [1.54, 1.807) is 36.9 Å². The summed E-state index contributed by atoms with van der Waals surface area (Å²) in [6, 6.07) is 8.78. The second-order valence-corrected chi connectivity index (χ2v) is 7.57. The van der Waals surface area contributed by atoms with E-state index in [-0.39, 0.29) is 12.8 Å². The number of hydrogen-bond donors (Lipinski definition) is 0. The van der Waals surface area contributed by atoms with Crippen molar-refractivity contribution in [1.29, 1.82) is 0 Å². The minimum atomic E-state index is -0.390. The van der Waals surface area contributed by atoms with Gasteiger partial charge in [0.2, 0.25) is 12.5 Å². The van der Waals surface area contributed by atoms with Crippen LogP contribution in [-0.4, -0.2) is 65.2 Å². The lowest BCUT2D eigenvalue weighted by atomic mass is 9.90. The molecule has 0 saturated carbocycles. The number of fused-ring (bicyclic) bond motifs is 2. The number of hydrogen-bond acceptors (Lipinski definition) is 9. The number of carbonyl (C=O) groups excluding carboxylic acids is 1.